The summed E-state index contributed by atoms with van der Waals surface area (Å²) in [5.41, 5.74) is 0.440. The van der Waals surface area contributed by atoms with Crippen molar-refractivity contribution in [2.24, 2.45) is 0 Å². The van der Waals surface area contributed by atoms with E-state index in [1.807, 2.05) is 0 Å². The van der Waals surface area contributed by atoms with E-state index in [4.69, 9.17) is 0 Å². The van der Waals surface area contributed by atoms with E-state index in [9.17, 15) is 13.2 Å². The van der Waals surface area contributed by atoms with Crippen LogP contribution in [0.1, 0.15) is 12.8 Å². The fourth-order valence-corrected chi connectivity index (χ4v) is 3.31. The first kappa shape index (κ1) is 13.8. The van der Waals surface area contributed by atoms with Gasteiger partial charge in [-0.05, 0) is 18.6 Å². The number of carbonyl (C=O) groups excluding carboxylic acids is 1. The first-order chi connectivity index (χ1) is 9.03. The minimum absolute atomic E-state index is 0.0330. The first-order valence-corrected chi connectivity index (χ1v) is 7.43. The number of sulfonamides is 1. The summed E-state index contributed by atoms with van der Waals surface area (Å²) in [6, 6.07) is 3.00. The zero-order chi connectivity index (χ0) is 13.9. The van der Waals surface area contributed by atoms with Crippen LogP contribution in [0.15, 0.2) is 23.4 Å². The fourth-order valence-electron chi connectivity index (χ4n) is 1.90. The summed E-state index contributed by atoms with van der Waals surface area (Å²) in [6.07, 6.45) is 2.25. The predicted octanol–water partition coefficient (Wildman–Crippen LogP) is -0.320. The van der Waals surface area contributed by atoms with Gasteiger partial charge in [-0.25, -0.2) is 18.1 Å². The molecule has 0 aromatic carbocycles. The molecular weight excluding hydrogens is 268 g/mol. The SMILES string of the molecule is CNc1cccnc1S(=O)(=O)NC1CCC(=O)NC1. The molecule has 104 valence electrons. The summed E-state index contributed by atoms with van der Waals surface area (Å²) in [4.78, 5) is 14.9. The molecule has 1 aromatic heterocycles. The lowest BCUT2D eigenvalue weighted by Crippen LogP contribution is -2.47. The summed E-state index contributed by atoms with van der Waals surface area (Å²) in [6.45, 7) is 0.305. The van der Waals surface area contributed by atoms with Crippen molar-refractivity contribution in [1.29, 1.82) is 0 Å². The van der Waals surface area contributed by atoms with Crippen molar-refractivity contribution >= 4 is 21.6 Å². The van der Waals surface area contributed by atoms with Crippen molar-refractivity contribution < 1.29 is 13.2 Å². The molecule has 8 heteroatoms. The van der Waals surface area contributed by atoms with Crippen molar-refractivity contribution in [3.8, 4) is 0 Å². The Morgan fingerprint density at radius 3 is 2.89 bits per heavy atom. The Balaban J connectivity index is 2.16. The van der Waals surface area contributed by atoms with Crippen LogP contribution in [0.2, 0.25) is 0 Å². The van der Waals surface area contributed by atoms with Gasteiger partial charge in [-0.1, -0.05) is 0 Å². The third-order valence-corrected chi connectivity index (χ3v) is 4.36. The second kappa shape index (κ2) is 5.54. The van der Waals surface area contributed by atoms with E-state index >= 15 is 0 Å². The minimum Gasteiger partial charge on any atom is -0.386 e. The van der Waals surface area contributed by atoms with Crippen molar-refractivity contribution in [2.45, 2.75) is 23.9 Å². The molecule has 1 aliphatic heterocycles. The smallest absolute Gasteiger partial charge is 0.260 e. The molecule has 7 nitrogen and oxygen atoms in total. The van der Waals surface area contributed by atoms with Crippen molar-refractivity contribution in [3.05, 3.63) is 18.3 Å². The molecule has 1 aromatic rings. The second-order valence-corrected chi connectivity index (χ2v) is 5.90. The zero-order valence-electron chi connectivity index (χ0n) is 10.5. The minimum atomic E-state index is -3.70. The van der Waals surface area contributed by atoms with Gasteiger partial charge < -0.3 is 10.6 Å². The normalized spacial score (nSPS) is 19.8. The molecule has 2 rings (SSSR count). The van der Waals surface area contributed by atoms with E-state index in [-0.39, 0.29) is 17.0 Å². The van der Waals surface area contributed by atoms with Crippen LogP contribution in [0, 0.1) is 0 Å². The average Bonchev–Trinajstić information content (AvgIpc) is 2.41. The first-order valence-electron chi connectivity index (χ1n) is 5.95. The molecule has 0 aliphatic carbocycles. The molecule has 0 radical (unpaired) electrons. The molecule has 0 bridgehead atoms. The quantitative estimate of drug-likeness (QED) is 0.703. The molecule has 3 N–H and O–H groups in total. The number of hydrogen-bond donors (Lipinski definition) is 3. The Labute approximate surface area is 111 Å². The maximum atomic E-state index is 12.2. The van der Waals surface area contributed by atoms with E-state index in [0.717, 1.165) is 0 Å². The van der Waals surface area contributed by atoms with Gasteiger partial charge in [-0.2, -0.15) is 0 Å². The standard InChI is InChI=1S/C11H16N4O3S/c1-12-9-3-2-6-13-11(9)19(17,18)15-8-4-5-10(16)14-7-8/h2-3,6,8,12,15H,4-5,7H2,1H3,(H,14,16). The molecule has 1 amide bonds. The molecule has 1 fully saturated rings. The zero-order valence-corrected chi connectivity index (χ0v) is 11.3. The van der Waals surface area contributed by atoms with Crippen LogP contribution in [-0.2, 0) is 14.8 Å². The number of hydrogen-bond acceptors (Lipinski definition) is 5. The van der Waals surface area contributed by atoms with Crippen LogP contribution in [0.25, 0.3) is 0 Å². The topological polar surface area (TPSA) is 100 Å². The lowest BCUT2D eigenvalue weighted by atomic mass is 10.1. The second-order valence-electron chi connectivity index (χ2n) is 4.27. The predicted molar refractivity (Wildman–Crippen MR) is 70.1 cm³/mol. The van der Waals surface area contributed by atoms with Gasteiger partial charge in [0.05, 0.1) is 5.69 Å². The summed E-state index contributed by atoms with van der Waals surface area (Å²) in [5.74, 6) is -0.0517. The summed E-state index contributed by atoms with van der Waals surface area (Å²) in [5, 5.41) is 5.39. The van der Waals surface area contributed by atoms with Crippen LogP contribution in [0.4, 0.5) is 5.69 Å². The molecule has 2 heterocycles. The monoisotopic (exact) mass is 284 g/mol. The number of nitrogens with one attached hydrogen (secondary N) is 3. The average molecular weight is 284 g/mol. The van der Waals surface area contributed by atoms with Crippen LogP contribution < -0.4 is 15.4 Å². The van der Waals surface area contributed by atoms with Gasteiger partial charge >= 0.3 is 0 Å². The van der Waals surface area contributed by atoms with Crippen molar-refractivity contribution in [1.82, 2.24) is 15.0 Å². The van der Waals surface area contributed by atoms with Crippen LogP contribution in [0.5, 0.6) is 0 Å². The summed E-state index contributed by atoms with van der Waals surface area (Å²) < 4.78 is 27.0. The number of anilines is 1. The van der Waals surface area contributed by atoms with E-state index in [2.05, 4.69) is 20.3 Å². The highest BCUT2D eigenvalue weighted by atomic mass is 32.2. The highest BCUT2D eigenvalue weighted by Gasteiger charge is 2.26. The number of pyridine rings is 1. The Hall–Kier alpha value is -1.67. The van der Waals surface area contributed by atoms with Gasteiger partial charge in [0.15, 0.2) is 5.03 Å². The van der Waals surface area contributed by atoms with Gasteiger partial charge in [-0.3, -0.25) is 4.79 Å². The van der Waals surface area contributed by atoms with Crippen LogP contribution in [-0.4, -0.2) is 38.9 Å². The Morgan fingerprint density at radius 1 is 1.47 bits per heavy atom. The molecule has 19 heavy (non-hydrogen) atoms. The number of carbonyl (C=O) groups is 1. The van der Waals surface area contributed by atoms with E-state index < -0.39 is 10.0 Å². The lowest BCUT2D eigenvalue weighted by molar-refractivity contribution is -0.122. The fraction of sp³-hybridized carbons (Fsp3) is 0.455. The van der Waals surface area contributed by atoms with Crippen molar-refractivity contribution in [2.75, 3.05) is 18.9 Å². The van der Waals surface area contributed by atoms with Gasteiger partial charge in [0.25, 0.3) is 10.0 Å². The molecule has 1 aliphatic rings. The van der Waals surface area contributed by atoms with Crippen LogP contribution in [0.3, 0.4) is 0 Å². The molecule has 1 unspecified atom stereocenters. The van der Waals surface area contributed by atoms with Gasteiger partial charge in [-0.15, -0.1) is 0 Å². The highest BCUT2D eigenvalue weighted by molar-refractivity contribution is 7.89. The van der Waals surface area contributed by atoms with E-state index in [1.54, 1.807) is 19.2 Å². The maximum absolute atomic E-state index is 12.2. The summed E-state index contributed by atoms with van der Waals surface area (Å²) in [7, 11) is -2.06. The van der Waals surface area contributed by atoms with Gasteiger partial charge in [0.2, 0.25) is 5.91 Å². The molecule has 1 atom stereocenters. The van der Waals surface area contributed by atoms with Crippen molar-refractivity contribution in [3.63, 3.8) is 0 Å². The van der Waals surface area contributed by atoms with Gasteiger partial charge in [0, 0.05) is 32.3 Å². The van der Waals surface area contributed by atoms with E-state index in [1.165, 1.54) is 6.20 Å². The number of rotatable bonds is 4. The molecule has 0 saturated carbocycles. The number of amides is 1. The molecule has 1 saturated heterocycles. The third kappa shape index (κ3) is 3.21. The molecule has 0 spiro atoms. The Bertz CT molecular complexity index is 563. The largest absolute Gasteiger partial charge is 0.386 e. The number of piperidine rings is 1. The number of nitrogens with zero attached hydrogens (tertiary/aromatic N) is 1. The molecular formula is C11H16N4O3S. The lowest BCUT2D eigenvalue weighted by Gasteiger charge is -2.23. The third-order valence-electron chi connectivity index (χ3n) is 2.88. The summed E-state index contributed by atoms with van der Waals surface area (Å²) >= 11 is 0. The Kier molecular flexibility index (Phi) is 4.01. The Morgan fingerprint density at radius 2 is 2.26 bits per heavy atom. The highest BCUT2D eigenvalue weighted by Crippen LogP contribution is 2.18. The van der Waals surface area contributed by atoms with Gasteiger partial charge in [0.1, 0.15) is 0 Å². The van der Waals surface area contributed by atoms with Crippen LogP contribution >= 0.6 is 0 Å². The maximum Gasteiger partial charge on any atom is 0.260 e. The number of aromatic nitrogens is 1. The van der Waals surface area contributed by atoms with E-state index in [0.29, 0.717) is 25.1 Å².